The standard InChI is InChI=1S/C11H8ClNO2/c12-8-3-4-10(9(7-8)11(14)15)13-5-1-2-6-13/h1-7H,(H,14,15). The Morgan fingerprint density at radius 2 is 1.93 bits per heavy atom. The van der Waals surface area contributed by atoms with E-state index in [1.54, 1.807) is 29.1 Å². The highest BCUT2D eigenvalue weighted by Crippen LogP contribution is 2.19. The van der Waals surface area contributed by atoms with Crippen LogP contribution in [0.2, 0.25) is 5.02 Å². The molecule has 1 aromatic carbocycles. The number of rotatable bonds is 2. The van der Waals surface area contributed by atoms with E-state index in [2.05, 4.69) is 0 Å². The van der Waals surface area contributed by atoms with E-state index in [-0.39, 0.29) is 5.56 Å². The average molecular weight is 222 g/mol. The summed E-state index contributed by atoms with van der Waals surface area (Å²) in [6.45, 7) is 0. The maximum Gasteiger partial charge on any atom is 0.337 e. The van der Waals surface area contributed by atoms with Crippen LogP contribution in [0.25, 0.3) is 5.69 Å². The Balaban J connectivity index is 2.61. The number of carboxylic acid groups (broad SMARTS) is 1. The van der Waals surface area contributed by atoms with E-state index in [1.807, 2.05) is 12.1 Å². The molecular weight excluding hydrogens is 214 g/mol. The molecule has 15 heavy (non-hydrogen) atoms. The molecule has 3 nitrogen and oxygen atoms in total. The third-order valence-electron chi connectivity index (χ3n) is 2.07. The summed E-state index contributed by atoms with van der Waals surface area (Å²) in [5.41, 5.74) is 0.801. The first-order chi connectivity index (χ1) is 7.18. The van der Waals surface area contributed by atoms with Crippen LogP contribution < -0.4 is 0 Å². The summed E-state index contributed by atoms with van der Waals surface area (Å²) >= 11 is 5.75. The Morgan fingerprint density at radius 1 is 1.27 bits per heavy atom. The number of aromatic nitrogens is 1. The summed E-state index contributed by atoms with van der Waals surface area (Å²) in [5.74, 6) is -0.985. The molecule has 1 aromatic heterocycles. The molecule has 0 fully saturated rings. The molecule has 0 amide bonds. The highest BCUT2D eigenvalue weighted by atomic mass is 35.5. The van der Waals surface area contributed by atoms with Crippen molar-refractivity contribution in [2.75, 3.05) is 0 Å². The van der Waals surface area contributed by atoms with E-state index in [0.29, 0.717) is 10.7 Å². The number of nitrogens with zero attached hydrogens (tertiary/aromatic N) is 1. The number of carboxylic acids is 1. The van der Waals surface area contributed by atoms with Gasteiger partial charge < -0.3 is 9.67 Å². The van der Waals surface area contributed by atoms with Gasteiger partial charge in [0.15, 0.2) is 0 Å². The number of hydrogen-bond acceptors (Lipinski definition) is 1. The maximum atomic E-state index is 11.0. The van der Waals surface area contributed by atoms with E-state index in [0.717, 1.165) is 0 Å². The van der Waals surface area contributed by atoms with Crippen LogP contribution in [-0.2, 0) is 0 Å². The number of hydrogen-bond donors (Lipinski definition) is 1. The Hall–Kier alpha value is -1.74. The first kappa shape index (κ1) is 9.80. The second-order valence-corrected chi connectivity index (χ2v) is 3.49. The number of benzene rings is 1. The quantitative estimate of drug-likeness (QED) is 0.847. The molecule has 0 aliphatic rings. The van der Waals surface area contributed by atoms with Crippen molar-refractivity contribution >= 4 is 17.6 Å². The van der Waals surface area contributed by atoms with Crippen LogP contribution in [0.3, 0.4) is 0 Å². The zero-order valence-electron chi connectivity index (χ0n) is 7.72. The minimum atomic E-state index is -0.985. The third kappa shape index (κ3) is 1.87. The van der Waals surface area contributed by atoms with Gasteiger partial charge in [-0.05, 0) is 30.3 Å². The molecule has 0 radical (unpaired) electrons. The van der Waals surface area contributed by atoms with Gasteiger partial charge in [-0.15, -0.1) is 0 Å². The van der Waals surface area contributed by atoms with Crippen molar-refractivity contribution in [2.24, 2.45) is 0 Å². The Labute approximate surface area is 91.5 Å². The van der Waals surface area contributed by atoms with E-state index in [4.69, 9.17) is 16.7 Å². The molecule has 0 atom stereocenters. The van der Waals surface area contributed by atoms with Gasteiger partial charge in [-0.3, -0.25) is 0 Å². The number of carbonyl (C=O) groups is 1. The molecule has 0 aliphatic heterocycles. The third-order valence-corrected chi connectivity index (χ3v) is 2.31. The summed E-state index contributed by atoms with van der Waals surface area (Å²) in [6.07, 6.45) is 3.57. The SMILES string of the molecule is O=C(O)c1cc(Cl)ccc1-n1cccc1. The molecule has 0 saturated carbocycles. The fourth-order valence-electron chi connectivity index (χ4n) is 1.40. The molecule has 76 valence electrons. The Bertz CT molecular complexity index is 491. The van der Waals surface area contributed by atoms with Crippen molar-refractivity contribution in [2.45, 2.75) is 0 Å². The second kappa shape index (κ2) is 3.79. The molecule has 0 spiro atoms. The van der Waals surface area contributed by atoms with Crippen molar-refractivity contribution in [3.8, 4) is 5.69 Å². The van der Waals surface area contributed by atoms with Crippen LogP contribution in [0, 0.1) is 0 Å². The van der Waals surface area contributed by atoms with Gasteiger partial charge in [0.1, 0.15) is 0 Å². The normalized spacial score (nSPS) is 10.2. The minimum Gasteiger partial charge on any atom is -0.478 e. The van der Waals surface area contributed by atoms with Crippen molar-refractivity contribution in [1.82, 2.24) is 4.57 Å². The molecule has 2 aromatic rings. The fourth-order valence-corrected chi connectivity index (χ4v) is 1.57. The monoisotopic (exact) mass is 221 g/mol. The molecule has 0 unspecified atom stereocenters. The second-order valence-electron chi connectivity index (χ2n) is 3.06. The summed E-state index contributed by atoms with van der Waals surface area (Å²) in [6, 6.07) is 8.47. The molecule has 0 saturated heterocycles. The molecular formula is C11H8ClNO2. The molecule has 2 rings (SSSR count). The predicted molar refractivity (Wildman–Crippen MR) is 57.7 cm³/mol. The fraction of sp³-hybridized carbons (Fsp3) is 0. The molecule has 4 heteroatoms. The van der Waals surface area contributed by atoms with E-state index < -0.39 is 5.97 Å². The molecule has 1 N–H and O–H groups in total. The van der Waals surface area contributed by atoms with Gasteiger partial charge in [0.05, 0.1) is 11.3 Å². The lowest BCUT2D eigenvalue weighted by molar-refractivity contribution is 0.0697. The van der Waals surface area contributed by atoms with Crippen LogP contribution in [-0.4, -0.2) is 15.6 Å². The topological polar surface area (TPSA) is 42.2 Å². The van der Waals surface area contributed by atoms with Crippen LogP contribution in [0.5, 0.6) is 0 Å². The Morgan fingerprint density at radius 3 is 2.53 bits per heavy atom. The van der Waals surface area contributed by atoms with Crippen molar-refractivity contribution in [3.63, 3.8) is 0 Å². The average Bonchev–Trinajstić information content (AvgIpc) is 2.70. The highest BCUT2D eigenvalue weighted by molar-refractivity contribution is 6.31. The summed E-state index contributed by atoms with van der Waals surface area (Å²) in [5, 5.41) is 9.44. The van der Waals surface area contributed by atoms with Crippen LogP contribution >= 0.6 is 11.6 Å². The van der Waals surface area contributed by atoms with E-state index in [9.17, 15) is 4.79 Å². The number of aromatic carboxylic acids is 1. The van der Waals surface area contributed by atoms with Crippen LogP contribution in [0.1, 0.15) is 10.4 Å². The van der Waals surface area contributed by atoms with E-state index >= 15 is 0 Å². The molecule has 1 heterocycles. The summed E-state index contributed by atoms with van der Waals surface area (Å²) < 4.78 is 1.74. The van der Waals surface area contributed by atoms with Gasteiger partial charge in [0.2, 0.25) is 0 Å². The smallest absolute Gasteiger partial charge is 0.337 e. The van der Waals surface area contributed by atoms with Gasteiger partial charge in [-0.1, -0.05) is 11.6 Å². The lowest BCUT2D eigenvalue weighted by Crippen LogP contribution is -2.03. The first-order valence-corrected chi connectivity index (χ1v) is 4.72. The number of halogens is 1. The lowest BCUT2D eigenvalue weighted by Gasteiger charge is -2.07. The first-order valence-electron chi connectivity index (χ1n) is 4.34. The molecule has 0 aliphatic carbocycles. The van der Waals surface area contributed by atoms with Gasteiger partial charge in [0, 0.05) is 17.4 Å². The highest BCUT2D eigenvalue weighted by Gasteiger charge is 2.11. The summed E-state index contributed by atoms with van der Waals surface area (Å²) in [7, 11) is 0. The molecule has 0 bridgehead atoms. The van der Waals surface area contributed by atoms with Crippen molar-refractivity contribution < 1.29 is 9.90 Å². The lowest BCUT2D eigenvalue weighted by atomic mass is 10.2. The van der Waals surface area contributed by atoms with Crippen molar-refractivity contribution in [3.05, 3.63) is 53.3 Å². The van der Waals surface area contributed by atoms with Gasteiger partial charge in [0.25, 0.3) is 0 Å². The van der Waals surface area contributed by atoms with Crippen LogP contribution in [0.15, 0.2) is 42.7 Å². The van der Waals surface area contributed by atoms with E-state index in [1.165, 1.54) is 6.07 Å². The zero-order chi connectivity index (χ0) is 10.8. The largest absolute Gasteiger partial charge is 0.478 e. The van der Waals surface area contributed by atoms with Gasteiger partial charge in [-0.25, -0.2) is 4.79 Å². The van der Waals surface area contributed by atoms with Gasteiger partial charge in [-0.2, -0.15) is 0 Å². The van der Waals surface area contributed by atoms with Crippen molar-refractivity contribution in [1.29, 1.82) is 0 Å². The maximum absolute atomic E-state index is 11.0. The Kier molecular flexibility index (Phi) is 2.47. The zero-order valence-corrected chi connectivity index (χ0v) is 8.48. The minimum absolute atomic E-state index is 0.193. The summed E-state index contributed by atoms with van der Waals surface area (Å²) in [4.78, 5) is 11.0. The van der Waals surface area contributed by atoms with Gasteiger partial charge >= 0.3 is 5.97 Å². The van der Waals surface area contributed by atoms with Crippen LogP contribution in [0.4, 0.5) is 0 Å². The predicted octanol–water partition coefficient (Wildman–Crippen LogP) is 2.83.